The van der Waals surface area contributed by atoms with Gasteiger partial charge in [0.2, 0.25) is 11.9 Å². The van der Waals surface area contributed by atoms with Gasteiger partial charge in [-0.3, -0.25) is 4.79 Å². The molecular formula is C26H37F3N6O2S. The number of halogens is 3. The number of rotatable bonds is 6. The van der Waals surface area contributed by atoms with Gasteiger partial charge in [0, 0.05) is 19.3 Å². The molecule has 0 spiro atoms. The lowest BCUT2D eigenvalue weighted by atomic mass is 10.0. The van der Waals surface area contributed by atoms with Crippen LogP contribution in [0.25, 0.3) is 0 Å². The number of piperidine rings is 1. The number of nitrogens with one attached hydrogen (secondary N) is 2. The van der Waals surface area contributed by atoms with Gasteiger partial charge in [-0.05, 0) is 67.7 Å². The van der Waals surface area contributed by atoms with Gasteiger partial charge < -0.3 is 25.8 Å². The summed E-state index contributed by atoms with van der Waals surface area (Å²) in [6.45, 7) is 8.78. The summed E-state index contributed by atoms with van der Waals surface area (Å²) in [4.78, 5) is 20.5. The minimum absolute atomic E-state index is 0.125. The first-order chi connectivity index (χ1) is 18.0. The van der Waals surface area contributed by atoms with E-state index >= 15 is 0 Å². The van der Waals surface area contributed by atoms with Crippen molar-refractivity contribution in [3.8, 4) is 0 Å². The van der Waals surface area contributed by atoms with Crippen LogP contribution in [0.5, 0.6) is 0 Å². The van der Waals surface area contributed by atoms with Crippen LogP contribution in [0.15, 0.2) is 35.9 Å². The summed E-state index contributed by atoms with van der Waals surface area (Å²) >= 11 is 1.27. The van der Waals surface area contributed by atoms with Crippen molar-refractivity contribution in [3.05, 3.63) is 47.0 Å². The van der Waals surface area contributed by atoms with Gasteiger partial charge in [0.05, 0.1) is 11.4 Å². The van der Waals surface area contributed by atoms with Gasteiger partial charge in [-0.15, -0.1) is 0 Å². The number of aryl methyl sites for hydroxylation is 1. The molecule has 1 amide bonds. The molecule has 4 rings (SSSR count). The number of aromatic nitrogens is 2. The molecule has 38 heavy (non-hydrogen) atoms. The third-order valence-electron chi connectivity index (χ3n) is 5.72. The number of alkyl halides is 3. The number of nitrogens with two attached hydrogens (primary N) is 1. The minimum atomic E-state index is -4.60. The van der Waals surface area contributed by atoms with Crippen molar-refractivity contribution >= 4 is 41.0 Å². The van der Waals surface area contributed by atoms with Gasteiger partial charge >= 0.3 is 6.18 Å². The summed E-state index contributed by atoms with van der Waals surface area (Å²) in [6.07, 6.45) is 5.46. The largest absolute Gasteiger partial charge is 0.421 e. The maximum Gasteiger partial charge on any atom is 0.421 e. The zero-order chi connectivity index (χ0) is 28.1. The number of anilines is 4. The summed E-state index contributed by atoms with van der Waals surface area (Å²) < 4.78 is 42.4. The van der Waals surface area contributed by atoms with Crippen molar-refractivity contribution in [3.63, 3.8) is 0 Å². The normalized spacial score (nSPS) is 14.6. The number of carbonyl (C=O) groups excluding carboxylic acids is 1. The van der Waals surface area contributed by atoms with Crippen molar-refractivity contribution in [2.75, 3.05) is 35.5 Å². The van der Waals surface area contributed by atoms with Gasteiger partial charge in [0.15, 0.2) is 0 Å². The molecule has 2 aromatic rings. The zero-order valence-corrected chi connectivity index (χ0v) is 22.7. The second-order valence-electron chi connectivity index (χ2n) is 9.08. The monoisotopic (exact) mass is 554 g/mol. The van der Waals surface area contributed by atoms with Crippen molar-refractivity contribution in [2.24, 2.45) is 0 Å². The molecule has 5 N–H and O–H groups in total. The standard InChI is InChI=1S/C15H16F3N5S.C7H13NO2.C4H8/c1-8(2)24-23-12-6-9(3)4-5-11(12)21-13-10(15(16,17)18)7-20-14(19)22-13;9-6-7(10)8-4-2-1-3-5-8;1-2-4-3-1/h4-7,23H,1H2,2-3H3,(H3,19,20,21,22);9H,1-6H2;1-4H2. The highest BCUT2D eigenvalue weighted by atomic mass is 32.2. The smallest absolute Gasteiger partial charge is 0.387 e. The first kappa shape index (κ1) is 31.2. The van der Waals surface area contributed by atoms with Crippen LogP contribution in [0.4, 0.5) is 36.3 Å². The molecule has 1 aromatic heterocycles. The Balaban J connectivity index is 0.000000294. The van der Waals surface area contributed by atoms with E-state index in [0.29, 0.717) is 17.6 Å². The maximum atomic E-state index is 13.1. The molecule has 2 fully saturated rings. The van der Waals surface area contributed by atoms with Crippen molar-refractivity contribution in [1.82, 2.24) is 14.9 Å². The summed E-state index contributed by atoms with van der Waals surface area (Å²) in [5.41, 5.74) is 6.42. The predicted octanol–water partition coefficient (Wildman–Crippen LogP) is 6.27. The lowest BCUT2D eigenvalue weighted by Gasteiger charge is -2.25. The number of amides is 1. The lowest BCUT2D eigenvalue weighted by Crippen LogP contribution is -2.37. The van der Waals surface area contributed by atoms with Crippen molar-refractivity contribution in [2.45, 2.75) is 65.0 Å². The number of nitrogen functional groups attached to an aromatic ring is 1. The fraction of sp³-hybridized carbons (Fsp3) is 0.500. The molecule has 1 aliphatic heterocycles. The van der Waals surface area contributed by atoms with E-state index in [1.807, 2.05) is 13.8 Å². The topological polar surface area (TPSA) is 116 Å². The highest BCUT2D eigenvalue weighted by Crippen LogP contribution is 2.37. The van der Waals surface area contributed by atoms with E-state index in [9.17, 15) is 18.0 Å². The minimum Gasteiger partial charge on any atom is -0.387 e. The van der Waals surface area contributed by atoms with Gasteiger partial charge in [-0.25, -0.2) is 4.98 Å². The lowest BCUT2D eigenvalue weighted by molar-refractivity contribution is -0.137. The molecule has 1 saturated heterocycles. The predicted molar refractivity (Wildman–Crippen MR) is 148 cm³/mol. The average Bonchev–Trinajstić information content (AvgIpc) is 2.83. The fourth-order valence-corrected chi connectivity index (χ4v) is 3.77. The molecule has 8 nitrogen and oxygen atoms in total. The second kappa shape index (κ2) is 15.4. The third-order valence-corrected chi connectivity index (χ3v) is 6.39. The molecule has 0 atom stereocenters. The molecule has 1 aliphatic carbocycles. The van der Waals surface area contributed by atoms with Gasteiger partial charge in [0.1, 0.15) is 18.0 Å². The Labute approximate surface area is 226 Å². The second-order valence-corrected chi connectivity index (χ2v) is 10.2. The van der Waals surface area contributed by atoms with Crippen molar-refractivity contribution < 1.29 is 23.1 Å². The average molecular weight is 555 g/mol. The number of likely N-dealkylation sites (tertiary alicyclic amines) is 1. The summed E-state index contributed by atoms with van der Waals surface area (Å²) in [5.74, 6) is -0.773. The Morgan fingerprint density at radius 2 is 1.74 bits per heavy atom. The van der Waals surface area contributed by atoms with E-state index < -0.39 is 17.6 Å². The first-order valence-electron chi connectivity index (χ1n) is 12.6. The Hall–Kier alpha value is -2.99. The molecule has 0 bridgehead atoms. The van der Waals surface area contributed by atoms with Crippen LogP contribution in [0.3, 0.4) is 0 Å². The first-order valence-corrected chi connectivity index (χ1v) is 13.4. The van der Waals surface area contributed by atoms with Crippen LogP contribution < -0.4 is 15.8 Å². The zero-order valence-electron chi connectivity index (χ0n) is 21.9. The highest BCUT2D eigenvalue weighted by Gasteiger charge is 2.35. The summed E-state index contributed by atoms with van der Waals surface area (Å²) in [7, 11) is 0. The van der Waals surface area contributed by atoms with Crippen LogP contribution >= 0.6 is 11.9 Å². The number of aliphatic hydroxyl groups is 1. The van der Waals surface area contributed by atoms with Gasteiger partial charge in [-0.2, -0.15) is 18.2 Å². The fourth-order valence-electron chi connectivity index (χ4n) is 3.31. The molecule has 0 unspecified atom stereocenters. The van der Waals surface area contributed by atoms with Crippen molar-refractivity contribution in [1.29, 1.82) is 0 Å². The molecule has 1 saturated carbocycles. The Bertz CT molecular complexity index is 1050. The van der Waals surface area contributed by atoms with E-state index in [1.54, 1.807) is 23.1 Å². The number of hydrogen-bond donors (Lipinski definition) is 4. The van der Waals surface area contributed by atoms with Gasteiger partial charge in [-0.1, -0.05) is 38.3 Å². The number of nitrogens with zero attached hydrogens (tertiary/aromatic N) is 3. The summed E-state index contributed by atoms with van der Waals surface area (Å²) in [6, 6.07) is 5.24. The number of carbonyl (C=O) groups is 1. The Morgan fingerprint density at radius 3 is 2.26 bits per heavy atom. The third kappa shape index (κ3) is 10.8. The maximum absolute atomic E-state index is 13.1. The number of hydrogen-bond acceptors (Lipinski definition) is 8. The van der Waals surface area contributed by atoms with E-state index in [0.717, 1.165) is 36.4 Å². The van der Waals surface area contributed by atoms with E-state index in [-0.39, 0.29) is 18.5 Å². The Morgan fingerprint density at radius 1 is 1.13 bits per heavy atom. The quantitative estimate of drug-likeness (QED) is 0.309. The SMILES string of the molecule is C1CCC1.C=C(C)SNc1cc(C)ccc1Nc1nc(N)ncc1C(F)(F)F.O=C(CO)N1CCCCC1. The summed E-state index contributed by atoms with van der Waals surface area (Å²) in [5, 5.41) is 11.2. The number of aliphatic hydroxyl groups excluding tert-OH is 1. The molecule has 1 aromatic carbocycles. The molecular weight excluding hydrogens is 517 g/mol. The molecule has 12 heteroatoms. The van der Waals surface area contributed by atoms with Crippen LogP contribution in [-0.2, 0) is 11.0 Å². The molecule has 0 radical (unpaired) electrons. The van der Waals surface area contributed by atoms with Gasteiger partial charge in [0.25, 0.3) is 0 Å². The molecule has 210 valence electrons. The van der Waals surface area contributed by atoms with Crippen LogP contribution in [0, 0.1) is 6.92 Å². The van der Waals surface area contributed by atoms with Crippen LogP contribution in [0.2, 0.25) is 0 Å². The van der Waals surface area contributed by atoms with Crippen LogP contribution in [-0.4, -0.2) is 45.6 Å². The molecule has 2 heterocycles. The Kier molecular flexibility index (Phi) is 12.7. The highest BCUT2D eigenvalue weighted by molar-refractivity contribution is 8.04. The van der Waals surface area contributed by atoms with Crippen LogP contribution in [0.1, 0.15) is 63.0 Å². The number of allylic oxidation sites excluding steroid dienone is 1. The molecule has 2 aliphatic rings. The number of benzene rings is 1. The van der Waals surface area contributed by atoms with E-state index in [1.165, 1.54) is 44.1 Å². The van der Waals surface area contributed by atoms with E-state index in [4.69, 9.17) is 10.8 Å². The van der Waals surface area contributed by atoms with E-state index in [2.05, 4.69) is 26.6 Å².